The van der Waals surface area contributed by atoms with Gasteiger partial charge in [-0.25, -0.2) is 13.1 Å². The van der Waals surface area contributed by atoms with Crippen molar-refractivity contribution in [1.82, 2.24) is 9.62 Å². The summed E-state index contributed by atoms with van der Waals surface area (Å²) in [7, 11) is -3.53. The third-order valence-electron chi connectivity index (χ3n) is 4.62. The number of rotatable bonds is 7. The maximum Gasteiger partial charge on any atom is 0.240 e. The van der Waals surface area contributed by atoms with Crippen LogP contribution in [0, 0.1) is 0 Å². The number of benzene rings is 2. The van der Waals surface area contributed by atoms with E-state index in [1.165, 1.54) is 0 Å². The number of likely N-dealkylation sites (tertiary alicyclic amines) is 1. The van der Waals surface area contributed by atoms with Crippen LogP contribution in [0.1, 0.15) is 19.3 Å². The van der Waals surface area contributed by atoms with Crippen LogP contribution in [0.25, 0.3) is 0 Å². The zero-order valence-electron chi connectivity index (χ0n) is 15.4. The van der Waals surface area contributed by atoms with E-state index in [-0.39, 0.29) is 23.3 Å². The summed E-state index contributed by atoms with van der Waals surface area (Å²) in [6, 6.07) is 15.1. The van der Waals surface area contributed by atoms with Crippen LogP contribution in [0.4, 0.5) is 0 Å². The Morgan fingerprint density at radius 1 is 1.07 bits per heavy atom. The summed E-state index contributed by atoms with van der Waals surface area (Å²) in [5.41, 5.74) is 0. The van der Waals surface area contributed by atoms with E-state index < -0.39 is 10.0 Å². The summed E-state index contributed by atoms with van der Waals surface area (Å²) < 4.78 is 33.1. The van der Waals surface area contributed by atoms with E-state index in [2.05, 4.69) is 4.72 Å². The van der Waals surface area contributed by atoms with Crippen molar-refractivity contribution in [3.63, 3.8) is 0 Å². The standard InChI is InChI=1S/C20H23ClN2O4S/c21-16-6-8-18(9-7-16)27-15-12-20(24)23-13-10-17(11-14-23)22-28(25,26)19-4-2-1-3-5-19/h1-9,17,22H,10-15H2. The van der Waals surface area contributed by atoms with Crippen molar-refractivity contribution in [3.8, 4) is 5.75 Å². The lowest BCUT2D eigenvalue weighted by Crippen LogP contribution is -2.46. The molecule has 0 bridgehead atoms. The average molecular weight is 423 g/mol. The number of halogens is 1. The number of piperidine rings is 1. The van der Waals surface area contributed by atoms with Gasteiger partial charge in [0.05, 0.1) is 17.9 Å². The van der Waals surface area contributed by atoms with E-state index in [1.807, 2.05) is 0 Å². The van der Waals surface area contributed by atoms with Gasteiger partial charge in [0, 0.05) is 24.2 Å². The van der Waals surface area contributed by atoms with Gasteiger partial charge < -0.3 is 9.64 Å². The molecule has 1 aliphatic heterocycles. The highest BCUT2D eigenvalue weighted by Gasteiger charge is 2.26. The van der Waals surface area contributed by atoms with Crippen molar-refractivity contribution in [1.29, 1.82) is 0 Å². The van der Waals surface area contributed by atoms with Crippen LogP contribution in [0.5, 0.6) is 5.75 Å². The molecule has 2 aromatic rings. The van der Waals surface area contributed by atoms with Crippen molar-refractivity contribution >= 4 is 27.5 Å². The van der Waals surface area contributed by atoms with E-state index in [1.54, 1.807) is 59.5 Å². The largest absolute Gasteiger partial charge is 0.493 e. The number of sulfonamides is 1. The molecule has 8 heteroatoms. The fourth-order valence-corrected chi connectivity index (χ4v) is 4.53. The Balaban J connectivity index is 1.42. The Bertz CT molecular complexity index is 880. The summed E-state index contributed by atoms with van der Waals surface area (Å²) in [6.07, 6.45) is 1.47. The molecule has 0 atom stereocenters. The van der Waals surface area contributed by atoms with Gasteiger partial charge in [-0.05, 0) is 49.2 Å². The van der Waals surface area contributed by atoms with Gasteiger partial charge in [0.2, 0.25) is 15.9 Å². The van der Waals surface area contributed by atoms with Crippen molar-refractivity contribution in [3.05, 3.63) is 59.6 Å². The maximum absolute atomic E-state index is 12.4. The normalized spacial score (nSPS) is 15.4. The number of amides is 1. The molecular formula is C20H23ClN2O4S. The Kier molecular flexibility index (Phi) is 6.93. The molecule has 0 spiro atoms. The summed E-state index contributed by atoms with van der Waals surface area (Å²) >= 11 is 5.83. The van der Waals surface area contributed by atoms with Crippen LogP contribution in [-0.4, -0.2) is 45.0 Å². The van der Waals surface area contributed by atoms with Gasteiger partial charge in [-0.1, -0.05) is 29.8 Å². The lowest BCUT2D eigenvalue weighted by molar-refractivity contribution is -0.132. The lowest BCUT2D eigenvalue weighted by Gasteiger charge is -2.32. The number of nitrogens with zero attached hydrogens (tertiary/aromatic N) is 1. The Labute approximate surface area is 170 Å². The molecule has 0 unspecified atom stereocenters. The number of carbonyl (C=O) groups excluding carboxylic acids is 1. The van der Waals surface area contributed by atoms with Crippen LogP contribution in [-0.2, 0) is 14.8 Å². The second-order valence-corrected chi connectivity index (χ2v) is 8.79. The molecule has 0 radical (unpaired) electrons. The highest BCUT2D eigenvalue weighted by molar-refractivity contribution is 7.89. The number of hydrogen-bond acceptors (Lipinski definition) is 4. The first-order valence-corrected chi connectivity index (χ1v) is 11.0. The average Bonchev–Trinajstić information content (AvgIpc) is 2.70. The predicted octanol–water partition coefficient (Wildman–Crippen LogP) is 3.08. The molecule has 0 aliphatic carbocycles. The molecule has 2 aromatic carbocycles. The van der Waals surface area contributed by atoms with E-state index in [0.29, 0.717) is 43.3 Å². The molecule has 3 rings (SSSR count). The van der Waals surface area contributed by atoms with Gasteiger partial charge in [-0.15, -0.1) is 0 Å². The highest BCUT2D eigenvalue weighted by Crippen LogP contribution is 2.17. The summed E-state index contributed by atoms with van der Waals surface area (Å²) in [5.74, 6) is 0.685. The lowest BCUT2D eigenvalue weighted by atomic mass is 10.1. The number of ether oxygens (including phenoxy) is 1. The predicted molar refractivity (Wildman–Crippen MR) is 108 cm³/mol. The number of carbonyl (C=O) groups is 1. The molecule has 1 saturated heterocycles. The Morgan fingerprint density at radius 2 is 1.71 bits per heavy atom. The molecule has 1 aliphatic rings. The third kappa shape index (κ3) is 5.70. The quantitative estimate of drug-likeness (QED) is 0.744. The molecular weight excluding hydrogens is 400 g/mol. The van der Waals surface area contributed by atoms with Crippen molar-refractivity contribution < 1.29 is 17.9 Å². The van der Waals surface area contributed by atoms with E-state index in [0.717, 1.165) is 0 Å². The van der Waals surface area contributed by atoms with Crippen molar-refractivity contribution in [2.45, 2.75) is 30.2 Å². The molecule has 150 valence electrons. The molecule has 1 amide bonds. The van der Waals surface area contributed by atoms with E-state index in [9.17, 15) is 13.2 Å². The zero-order valence-corrected chi connectivity index (χ0v) is 17.0. The van der Waals surface area contributed by atoms with Crippen molar-refractivity contribution in [2.75, 3.05) is 19.7 Å². The zero-order chi connectivity index (χ0) is 20.0. The third-order valence-corrected chi connectivity index (χ3v) is 6.41. The minimum absolute atomic E-state index is 0.0123. The fraction of sp³-hybridized carbons (Fsp3) is 0.350. The monoisotopic (exact) mass is 422 g/mol. The first-order valence-electron chi connectivity index (χ1n) is 9.17. The van der Waals surface area contributed by atoms with Crippen LogP contribution < -0.4 is 9.46 Å². The minimum atomic E-state index is -3.53. The molecule has 28 heavy (non-hydrogen) atoms. The SMILES string of the molecule is O=C(CCOc1ccc(Cl)cc1)N1CCC(NS(=O)(=O)c2ccccc2)CC1. The van der Waals surface area contributed by atoms with Gasteiger partial charge in [0.15, 0.2) is 0 Å². The van der Waals surface area contributed by atoms with Gasteiger partial charge in [0.1, 0.15) is 5.75 Å². The molecule has 1 heterocycles. The first kappa shape index (κ1) is 20.6. The first-order chi connectivity index (χ1) is 13.4. The van der Waals surface area contributed by atoms with E-state index in [4.69, 9.17) is 16.3 Å². The number of hydrogen-bond donors (Lipinski definition) is 1. The van der Waals surface area contributed by atoms with Crippen molar-refractivity contribution in [2.24, 2.45) is 0 Å². The van der Waals surface area contributed by atoms with Crippen LogP contribution in [0.3, 0.4) is 0 Å². The summed E-state index contributed by atoms with van der Waals surface area (Å²) in [5, 5.41) is 0.634. The topological polar surface area (TPSA) is 75.7 Å². The second kappa shape index (κ2) is 9.41. The molecule has 0 aromatic heterocycles. The van der Waals surface area contributed by atoms with Gasteiger partial charge in [0.25, 0.3) is 0 Å². The molecule has 6 nitrogen and oxygen atoms in total. The molecule has 1 N–H and O–H groups in total. The smallest absolute Gasteiger partial charge is 0.240 e. The summed E-state index contributed by atoms with van der Waals surface area (Å²) in [6.45, 7) is 1.35. The second-order valence-electron chi connectivity index (χ2n) is 6.64. The highest BCUT2D eigenvalue weighted by atomic mass is 35.5. The Hall–Kier alpha value is -2.09. The van der Waals surface area contributed by atoms with Gasteiger partial charge >= 0.3 is 0 Å². The number of nitrogens with one attached hydrogen (secondary N) is 1. The summed E-state index contributed by atoms with van der Waals surface area (Å²) in [4.78, 5) is 14.4. The maximum atomic E-state index is 12.4. The molecule has 0 saturated carbocycles. The Morgan fingerprint density at radius 3 is 2.36 bits per heavy atom. The van der Waals surface area contributed by atoms with E-state index >= 15 is 0 Å². The molecule has 1 fully saturated rings. The van der Waals surface area contributed by atoms with Gasteiger partial charge in [-0.3, -0.25) is 4.79 Å². The van der Waals surface area contributed by atoms with Crippen LogP contribution >= 0.6 is 11.6 Å². The van der Waals surface area contributed by atoms with Gasteiger partial charge in [-0.2, -0.15) is 0 Å². The minimum Gasteiger partial charge on any atom is -0.493 e. The van der Waals surface area contributed by atoms with Crippen LogP contribution in [0.15, 0.2) is 59.5 Å². The fourth-order valence-electron chi connectivity index (χ4n) is 3.08. The van der Waals surface area contributed by atoms with Crippen LogP contribution in [0.2, 0.25) is 5.02 Å².